The van der Waals surface area contributed by atoms with Gasteiger partial charge in [-0.2, -0.15) is 5.26 Å². The van der Waals surface area contributed by atoms with Crippen molar-refractivity contribution < 1.29 is 4.39 Å². The van der Waals surface area contributed by atoms with Gasteiger partial charge in [0.2, 0.25) is 0 Å². The molecule has 0 spiro atoms. The topological polar surface area (TPSA) is 23.8 Å². The molecule has 0 atom stereocenters. The number of nitrogens with zero attached hydrogens (tertiary/aromatic N) is 1. The maximum atomic E-state index is 13.8. The first-order valence-electron chi connectivity index (χ1n) is 7.21. The van der Waals surface area contributed by atoms with E-state index in [2.05, 4.69) is 17.9 Å². The molecular formula is C20H16FN. The van der Waals surface area contributed by atoms with Gasteiger partial charge in [-0.15, -0.1) is 0 Å². The predicted molar refractivity (Wildman–Crippen MR) is 87.6 cm³/mol. The van der Waals surface area contributed by atoms with Crippen LogP contribution in [-0.4, -0.2) is 0 Å². The summed E-state index contributed by atoms with van der Waals surface area (Å²) in [6.07, 6.45) is 3.28. The third kappa shape index (κ3) is 4.33. The van der Waals surface area contributed by atoms with Crippen molar-refractivity contribution >= 4 is 5.83 Å². The molecule has 1 nitrogen and oxygen atoms in total. The van der Waals surface area contributed by atoms with Crippen molar-refractivity contribution in [2.24, 2.45) is 0 Å². The highest BCUT2D eigenvalue weighted by Gasteiger charge is 1.98. The van der Waals surface area contributed by atoms with Crippen LogP contribution in [0.5, 0.6) is 0 Å². The molecule has 0 bridgehead atoms. The normalized spacial score (nSPS) is 10.5. The van der Waals surface area contributed by atoms with Gasteiger partial charge in [0.1, 0.15) is 5.83 Å². The number of halogens is 1. The van der Waals surface area contributed by atoms with Crippen LogP contribution in [-0.2, 0) is 0 Å². The number of hydrogen-bond donors (Lipinski definition) is 0. The number of allylic oxidation sites excluding steroid dienone is 1. The lowest BCUT2D eigenvalue weighted by molar-refractivity contribution is 0.750. The molecule has 2 aromatic rings. The molecule has 0 saturated carbocycles. The molecule has 0 heterocycles. The molecule has 0 fully saturated rings. The Bertz CT molecular complexity index is 751. The Morgan fingerprint density at radius 3 is 1.95 bits per heavy atom. The van der Waals surface area contributed by atoms with Crippen molar-refractivity contribution in [3.05, 3.63) is 76.9 Å². The number of benzene rings is 2. The van der Waals surface area contributed by atoms with Crippen molar-refractivity contribution in [1.82, 2.24) is 0 Å². The molecule has 0 radical (unpaired) electrons. The summed E-state index contributed by atoms with van der Waals surface area (Å²) in [5.74, 6) is 5.87. The third-order valence-electron chi connectivity index (χ3n) is 3.14. The van der Waals surface area contributed by atoms with Gasteiger partial charge in [-0.05, 0) is 48.9 Å². The summed E-state index contributed by atoms with van der Waals surface area (Å²) in [5.41, 5.74) is 2.87. The van der Waals surface area contributed by atoms with Gasteiger partial charge >= 0.3 is 0 Å². The highest BCUT2D eigenvalue weighted by molar-refractivity contribution is 5.60. The zero-order valence-corrected chi connectivity index (χ0v) is 12.4. The molecule has 0 aliphatic rings. The maximum absolute atomic E-state index is 13.8. The van der Waals surface area contributed by atoms with E-state index in [1.54, 1.807) is 30.3 Å². The number of unbranched alkanes of at least 4 members (excludes halogenated alkanes) is 1. The van der Waals surface area contributed by atoms with Gasteiger partial charge in [-0.25, -0.2) is 4.39 Å². The fraction of sp³-hybridized carbons (Fsp3) is 0.150. The molecule has 0 aliphatic carbocycles. The summed E-state index contributed by atoms with van der Waals surface area (Å²) < 4.78 is 13.8. The Morgan fingerprint density at radius 1 is 0.955 bits per heavy atom. The predicted octanol–water partition coefficient (Wildman–Crippen LogP) is 5.07. The average molecular weight is 289 g/mol. The van der Waals surface area contributed by atoms with Crippen molar-refractivity contribution in [2.45, 2.75) is 19.8 Å². The smallest absolute Gasteiger partial charge is 0.126 e. The van der Waals surface area contributed by atoms with E-state index in [9.17, 15) is 4.39 Å². The Morgan fingerprint density at radius 2 is 1.45 bits per heavy atom. The van der Waals surface area contributed by atoms with E-state index in [1.165, 1.54) is 0 Å². The molecule has 0 amide bonds. The van der Waals surface area contributed by atoms with Crippen LogP contribution in [0.4, 0.5) is 4.39 Å². The number of nitriles is 1. The highest BCUT2D eigenvalue weighted by Crippen LogP contribution is 2.17. The minimum atomic E-state index is -0.187. The van der Waals surface area contributed by atoms with Gasteiger partial charge in [0.05, 0.1) is 11.6 Å². The first-order chi connectivity index (χ1) is 10.7. The summed E-state index contributed by atoms with van der Waals surface area (Å²) in [7, 11) is 0. The lowest BCUT2D eigenvalue weighted by Gasteiger charge is -1.98. The van der Waals surface area contributed by atoms with E-state index in [1.807, 2.05) is 31.2 Å². The molecule has 2 heteroatoms. The maximum Gasteiger partial charge on any atom is 0.126 e. The Labute approximate surface area is 130 Å². The summed E-state index contributed by atoms with van der Waals surface area (Å²) >= 11 is 0. The van der Waals surface area contributed by atoms with Gasteiger partial charge < -0.3 is 0 Å². The SMILES string of the molecule is CCC/C=C(/F)c1ccc(C#Cc2ccc(C#N)cc2)cc1. The van der Waals surface area contributed by atoms with Crippen molar-refractivity contribution in [3.63, 3.8) is 0 Å². The zero-order valence-electron chi connectivity index (χ0n) is 12.4. The number of hydrogen-bond acceptors (Lipinski definition) is 1. The van der Waals surface area contributed by atoms with Crippen LogP contribution in [0, 0.1) is 23.2 Å². The first kappa shape index (κ1) is 15.5. The third-order valence-corrected chi connectivity index (χ3v) is 3.14. The average Bonchev–Trinajstić information content (AvgIpc) is 2.58. The minimum Gasteiger partial charge on any atom is -0.207 e. The molecule has 0 aromatic heterocycles. The lowest BCUT2D eigenvalue weighted by Crippen LogP contribution is -1.81. The summed E-state index contributed by atoms with van der Waals surface area (Å²) in [4.78, 5) is 0. The fourth-order valence-electron chi connectivity index (χ4n) is 1.87. The van der Waals surface area contributed by atoms with Crippen LogP contribution in [0.15, 0.2) is 54.6 Å². The van der Waals surface area contributed by atoms with Crippen LogP contribution in [0.3, 0.4) is 0 Å². The quantitative estimate of drug-likeness (QED) is 0.724. The van der Waals surface area contributed by atoms with E-state index in [-0.39, 0.29) is 5.83 Å². The summed E-state index contributed by atoms with van der Waals surface area (Å²) in [6.45, 7) is 2.02. The van der Waals surface area contributed by atoms with Crippen molar-refractivity contribution in [2.75, 3.05) is 0 Å². The van der Waals surface area contributed by atoms with Crippen LogP contribution in [0.25, 0.3) is 5.83 Å². The monoisotopic (exact) mass is 289 g/mol. The Kier molecular flexibility index (Phi) is 5.52. The Hall–Kier alpha value is -2.84. The van der Waals surface area contributed by atoms with Crippen LogP contribution in [0.2, 0.25) is 0 Å². The van der Waals surface area contributed by atoms with Gasteiger partial charge in [0.25, 0.3) is 0 Å². The molecule has 22 heavy (non-hydrogen) atoms. The molecule has 0 saturated heterocycles. The largest absolute Gasteiger partial charge is 0.207 e. The Balaban J connectivity index is 2.11. The lowest BCUT2D eigenvalue weighted by atomic mass is 10.1. The van der Waals surface area contributed by atoms with E-state index >= 15 is 0 Å². The highest BCUT2D eigenvalue weighted by atomic mass is 19.1. The summed E-state index contributed by atoms with van der Waals surface area (Å²) in [6, 6.07) is 16.3. The van der Waals surface area contributed by atoms with Crippen LogP contribution < -0.4 is 0 Å². The molecule has 0 unspecified atom stereocenters. The molecule has 2 aromatic carbocycles. The zero-order chi connectivity index (χ0) is 15.8. The van der Waals surface area contributed by atoms with E-state index < -0.39 is 0 Å². The van der Waals surface area contributed by atoms with Gasteiger partial charge in [-0.3, -0.25) is 0 Å². The molecule has 2 rings (SSSR count). The van der Waals surface area contributed by atoms with Crippen LogP contribution in [0.1, 0.15) is 42.0 Å². The second-order valence-electron chi connectivity index (χ2n) is 4.86. The second kappa shape index (κ2) is 7.81. The second-order valence-corrected chi connectivity index (χ2v) is 4.86. The van der Waals surface area contributed by atoms with Crippen molar-refractivity contribution in [3.8, 4) is 17.9 Å². The van der Waals surface area contributed by atoms with E-state index in [0.717, 1.165) is 24.0 Å². The molecular weight excluding hydrogens is 273 g/mol. The standard InChI is InChI=1S/C20H16FN/c1-2-3-4-20(21)19-13-11-17(12-14-19)6-5-16-7-9-18(15-22)10-8-16/h4,7-14H,2-3H2,1H3/b20-4+. The van der Waals surface area contributed by atoms with Gasteiger partial charge in [-0.1, -0.05) is 37.3 Å². The van der Waals surface area contributed by atoms with E-state index in [4.69, 9.17) is 5.26 Å². The fourth-order valence-corrected chi connectivity index (χ4v) is 1.87. The van der Waals surface area contributed by atoms with Crippen molar-refractivity contribution in [1.29, 1.82) is 5.26 Å². The van der Waals surface area contributed by atoms with Gasteiger partial charge in [0, 0.05) is 16.7 Å². The first-order valence-corrected chi connectivity index (χ1v) is 7.21. The molecule has 108 valence electrons. The minimum absolute atomic E-state index is 0.187. The molecule has 0 aliphatic heterocycles. The summed E-state index contributed by atoms with van der Waals surface area (Å²) in [5, 5.41) is 8.74. The number of rotatable bonds is 3. The van der Waals surface area contributed by atoms with Crippen LogP contribution >= 0.6 is 0 Å². The van der Waals surface area contributed by atoms with E-state index in [0.29, 0.717) is 11.1 Å². The molecule has 0 N–H and O–H groups in total. The van der Waals surface area contributed by atoms with Gasteiger partial charge in [0.15, 0.2) is 0 Å².